The van der Waals surface area contributed by atoms with E-state index in [2.05, 4.69) is 10.6 Å². The molecular formula is C13H15ClN2O3. The second-order valence-electron chi connectivity index (χ2n) is 4.45. The van der Waals surface area contributed by atoms with Crippen molar-refractivity contribution in [1.29, 1.82) is 0 Å². The highest BCUT2D eigenvalue weighted by Crippen LogP contribution is 2.30. The summed E-state index contributed by atoms with van der Waals surface area (Å²) >= 11 is 6.02. The molecule has 0 saturated carbocycles. The summed E-state index contributed by atoms with van der Waals surface area (Å²) in [7, 11) is 1.53. The molecule has 1 saturated heterocycles. The molecule has 1 aromatic carbocycles. The molecule has 5 nitrogen and oxygen atoms in total. The number of hydrogen-bond acceptors (Lipinski definition) is 3. The van der Waals surface area contributed by atoms with E-state index in [1.54, 1.807) is 12.1 Å². The predicted molar refractivity (Wildman–Crippen MR) is 72.5 cm³/mol. The number of ether oxygens (including phenoxy) is 1. The zero-order chi connectivity index (χ0) is 14.0. The van der Waals surface area contributed by atoms with Crippen LogP contribution in [0.25, 0.3) is 0 Å². The molecule has 19 heavy (non-hydrogen) atoms. The average Bonchev–Trinajstić information content (AvgIpc) is 2.80. The molecule has 0 bridgehead atoms. The number of amides is 2. The zero-order valence-electron chi connectivity index (χ0n) is 10.7. The van der Waals surface area contributed by atoms with Crippen molar-refractivity contribution in [3.8, 4) is 5.75 Å². The van der Waals surface area contributed by atoms with E-state index in [9.17, 15) is 9.59 Å². The van der Waals surface area contributed by atoms with E-state index in [4.69, 9.17) is 16.3 Å². The van der Waals surface area contributed by atoms with Crippen LogP contribution in [0.2, 0.25) is 5.02 Å². The van der Waals surface area contributed by atoms with Crippen LogP contribution in [0, 0.1) is 6.92 Å². The first kappa shape index (κ1) is 13.7. The van der Waals surface area contributed by atoms with E-state index in [0.717, 1.165) is 5.56 Å². The number of halogens is 1. The maximum Gasteiger partial charge on any atom is 0.246 e. The van der Waals surface area contributed by atoms with Gasteiger partial charge in [0.05, 0.1) is 12.1 Å². The van der Waals surface area contributed by atoms with Crippen LogP contribution in [0.1, 0.15) is 18.4 Å². The van der Waals surface area contributed by atoms with Crippen molar-refractivity contribution in [1.82, 2.24) is 5.32 Å². The fraction of sp³-hybridized carbons (Fsp3) is 0.385. The van der Waals surface area contributed by atoms with Gasteiger partial charge >= 0.3 is 0 Å². The van der Waals surface area contributed by atoms with Crippen molar-refractivity contribution in [3.63, 3.8) is 0 Å². The van der Waals surface area contributed by atoms with E-state index < -0.39 is 6.04 Å². The number of anilines is 1. The molecule has 102 valence electrons. The molecule has 1 unspecified atom stereocenters. The fourth-order valence-corrected chi connectivity index (χ4v) is 2.22. The number of carbonyl (C=O) groups is 2. The lowest BCUT2D eigenvalue weighted by atomic mass is 10.1. The summed E-state index contributed by atoms with van der Waals surface area (Å²) in [5.41, 5.74) is 1.47. The van der Waals surface area contributed by atoms with Crippen LogP contribution in [0.4, 0.5) is 5.69 Å². The van der Waals surface area contributed by atoms with Crippen LogP contribution in [-0.2, 0) is 9.59 Å². The Labute approximate surface area is 116 Å². The number of hydrogen-bond donors (Lipinski definition) is 2. The number of rotatable bonds is 3. The SMILES string of the molecule is COc1cc(C)c(NC(=O)C2CCC(=O)N2)cc1Cl. The Morgan fingerprint density at radius 1 is 1.53 bits per heavy atom. The third-order valence-electron chi connectivity index (χ3n) is 3.07. The Kier molecular flexibility index (Phi) is 3.95. The van der Waals surface area contributed by atoms with Gasteiger partial charge in [-0.15, -0.1) is 0 Å². The molecule has 1 aliphatic heterocycles. The fourth-order valence-electron chi connectivity index (χ4n) is 1.98. The van der Waals surface area contributed by atoms with E-state index in [1.165, 1.54) is 7.11 Å². The Bertz CT molecular complexity index is 531. The van der Waals surface area contributed by atoms with E-state index >= 15 is 0 Å². The van der Waals surface area contributed by atoms with Gasteiger partial charge in [0.2, 0.25) is 11.8 Å². The van der Waals surface area contributed by atoms with Gasteiger partial charge in [-0.3, -0.25) is 9.59 Å². The second kappa shape index (κ2) is 5.48. The van der Waals surface area contributed by atoms with Gasteiger partial charge in [-0.25, -0.2) is 0 Å². The number of nitrogens with one attached hydrogen (secondary N) is 2. The summed E-state index contributed by atoms with van der Waals surface area (Å²) in [4.78, 5) is 23.1. The first-order valence-electron chi connectivity index (χ1n) is 5.95. The minimum absolute atomic E-state index is 0.0929. The third kappa shape index (κ3) is 2.98. The molecule has 2 amide bonds. The summed E-state index contributed by atoms with van der Waals surface area (Å²) in [5, 5.41) is 5.82. The van der Waals surface area contributed by atoms with Crippen molar-refractivity contribution in [2.24, 2.45) is 0 Å². The maximum absolute atomic E-state index is 12.0. The van der Waals surface area contributed by atoms with Crippen molar-refractivity contribution in [3.05, 3.63) is 22.7 Å². The predicted octanol–water partition coefficient (Wildman–Crippen LogP) is 1.87. The summed E-state index contributed by atoms with van der Waals surface area (Å²) in [6, 6.07) is 2.93. The van der Waals surface area contributed by atoms with Crippen LogP contribution in [0.5, 0.6) is 5.75 Å². The molecule has 2 rings (SSSR count). The molecule has 2 N–H and O–H groups in total. The minimum Gasteiger partial charge on any atom is -0.495 e. The Morgan fingerprint density at radius 2 is 2.26 bits per heavy atom. The van der Waals surface area contributed by atoms with Gasteiger partial charge in [-0.05, 0) is 31.0 Å². The molecule has 1 atom stereocenters. The smallest absolute Gasteiger partial charge is 0.246 e. The molecule has 0 aliphatic carbocycles. The monoisotopic (exact) mass is 282 g/mol. The molecule has 1 aromatic rings. The topological polar surface area (TPSA) is 67.4 Å². The second-order valence-corrected chi connectivity index (χ2v) is 4.86. The van der Waals surface area contributed by atoms with Crippen LogP contribution >= 0.6 is 11.6 Å². The highest BCUT2D eigenvalue weighted by Gasteiger charge is 2.27. The summed E-state index contributed by atoms with van der Waals surface area (Å²) in [6.45, 7) is 1.85. The van der Waals surface area contributed by atoms with Gasteiger partial charge in [0.1, 0.15) is 11.8 Å². The standard InChI is InChI=1S/C13H15ClN2O3/c1-7-5-11(19-2)8(14)6-10(7)16-13(18)9-3-4-12(17)15-9/h5-6,9H,3-4H2,1-2H3,(H,15,17)(H,16,18). The van der Waals surface area contributed by atoms with Crippen LogP contribution < -0.4 is 15.4 Å². The molecule has 0 radical (unpaired) electrons. The highest BCUT2D eigenvalue weighted by atomic mass is 35.5. The van der Waals surface area contributed by atoms with Gasteiger partial charge in [0, 0.05) is 12.1 Å². The Morgan fingerprint density at radius 3 is 2.84 bits per heavy atom. The number of benzene rings is 1. The first-order valence-corrected chi connectivity index (χ1v) is 6.33. The Balaban J connectivity index is 2.13. The van der Waals surface area contributed by atoms with Gasteiger partial charge < -0.3 is 15.4 Å². The number of methoxy groups -OCH3 is 1. The van der Waals surface area contributed by atoms with Crippen LogP contribution in [0.15, 0.2) is 12.1 Å². The van der Waals surface area contributed by atoms with E-state index in [-0.39, 0.29) is 11.8 Å². The largest absolute Gasteiger partial charge is 0.495 e. The summed E-state index contributed by atoms with van der Waals surface area (Å²) in [5.74, 6) is 0.242. The molecule has 6 heteroatoms. The molecule has 1 aliphatic rings. The van der Waals surface area contributed by atoms with Gasteiger partial charge in [0.25, 0.3) is 0 Å². The van der Waals surface area contributed by atoms with E-state index in [1.807, 2.05) is 6.92 Å². The van der Waals surface area contributed by atoms with Crippen LogP contribution in [0.3, 0.4) is 0 Å². The minimum atomic E-state index is -0.465. The normalized spacial score (nSPS) is 18.1. The lowest BCUT2D eigenvalue weighted by molar-refractivity contribution is -0.122. The van der Waals surface area contributed by atoms with Crippen molar-refractivity contribution < 1.29 is 14.3 Å². The Hall–Kier alpha value is -1.75. The number of aryl methyl sites for hydroxylation is 1. The van der Waals surface area contributed by atoms with Gasteiger partial charge in [0.15, 0.2) is 0 Å². The lowest BCUT2D eigenvalue weighted by Gasteiger charge is -2.14. The molecule has 0 aromatic heterocycles. The van der Waals surface area contributed by atoms with E-state index in [0.29, 0.717) is 29.3 Å². The first-order chi connectivity index (χ1) is 9.01. The van der Waals surface area contributed by atoms with Crippen molar-refractivity contribution in [2.75, 3.05) is 12.4 Å². The molecular weight excluding hydrogens is 268 g/mol. The molecule has 0 spiro atoms. The lowest BCUT2D eigenvalue weighted by Crippen LogP contribution is -2.37. The summed E-state index contributed by atoms with van der Waals surface area (Å²) < 4.78 is 5.10. The van der Waals surface area contributed by atoms with Crippen molar-refractivity contribution in [2.45, 2.75) is 25.8 Å². The summed E-state index contributed by atoms with van der Waals surface area (Å²) in [6.07, 6.45) is 0.911. The number of carbonyl (C=O) groups excluding carboxylic acids is 2. The molecule has 1 fully saturated rings. The molecule has 1 heterocycles. The maximum atomic E-state index is 12.0. The van der Waals surface area contributed by atoms with Crippen LogP contribution in [-0.4, -0.2) is 25.0 Å². The van der Waals surface area contributed by atoms with Gasteiger partial charge in [-0.1, -0.05) is 11.6 Å². The average molecular weight is 283 g/mol. The van der Waals surface area contributed by atoms with Crippen molar-refractivity contribution >= 4 is 29.1 Å². The third-order valence-corrected chi connectivity index (χ3v) is 3.36. The quantitative estimate of drug-likeness (QED) is 0.889. The zero-order valence-corrected chi connectivity index (χ0v) is 11.5. The van der Waals surface area contributed by atoms with Gasteiger partial charge in [-0.2, -0.15) is 0 Å². The highest BCUT2D eigenvalue weighted by molar-refractivity contribution is 6.32.